The van der Waals surface area contributed by atoms with Gasteiger partial charge in [-0.25, -0.2) is 0 Å². The number of methoxy groups -OCH3 is 1. The van der Waals surface area contributed by atoms with Crippen molar-refractivity contribution in [2.75, 3.05) is 12.9 Å². The van der Waals surface area contributed by atoms with Gasteiger partial charge in [0, 0.05) is 12.7 Å². The quantitative estimate of drug-likeness (QED) is 0.763. The zero-order valence-corrected chi connectivity index (χ0v) is 11.5. The summed E-state index contributed by atoms with van der Waals surface area (Å²) in [5.41, 5.74) is 0.699. The van der Waals surface area contributed by atoms with Gasteiger partial charge in [0.2, 0.25) is 0 Å². The summed E-state index contributed by atoms with van der Waals surface area (Å²) in [6.45, 7) is 1.39. The first-order valence-electron chi connectivity index (χ1n) is 5.62. The lowest BCUT2D eigenvalue weighted by Gasteiger charge is -2.18. The van der Waals surface area contributed by atoms with Crippen LogP contribution in [0.25, 0.3) is 0 Å². The van der Waals surface area contributed by atoms with Gasteiger partial charge < -0.3 is 14.9 Å². The highest BCUT2D eigenvalue weighted by molar-refractivity contribution is 8.13. The molecular formula is C13H16O5S. The van der Waals surface area contributed by atoms with Crippen molar-refractivity contribution in [3.63, 3.8) is 0 Å². The van der Waals surface area contributed by atoms with Crippen LogP contribution >= 0.6 is 11.8 Å². The number of hydrogen-bond donors (Lipinski definition) is 2. The Bertz CT molecular complexity index is 460. The third kappa shape index (κ3) is 4.34. The summed E-state index contributed by atoms with van der Waals surface area (Å²) >= 11 is 0.937. The average molecular weight is 284 g/mol. The van der Waals surface area contributed by atoms with Gasteiger partial charge in [-0.3, -0.25) is 9.59 Å². The summed E-state index contributed by atoms with van der Waals surface area (Å²) < 4.78 is 4.99. The first-order chi connectivity index (χ1) is 8.99. The molecule has 0 aromatic heterocycles. The van der Waals surface area contributed by atoms with Gasteiger partial charge in [0.25, 0.3) is 0 Å². The molecule has 2 atom stereocenters. The minimum absolute atomic E-state index is 0.0962. The summed E-state index contributed by atoms with van der Waals surface area (Å²) in [4.78, 5) is 21.7. The van der Waals surface area contributed by atoms with Crippen LogP contribution in [0, 0.1) is 0 Å². The number of carbonyl (C=O) groups excluding carboxylic acids is 2. The molecule has 1 aromatic rings. The van der Waals surface area contributed by atoms with E-state index in [1.165, 1.54) is 20.1 Å². The fraction of sp³-hybridized carbons (Fsp3) is 0.385. The van der Waals surface area contributed by atoms with Crippen molar-refractivity contribution in [1.29, 1.82) is 0 Å². The van der Waals surface area contributed by atoms with Gasteiger partial charge in [-0.1, -0.05) is 17.8 Å². The van der Waals surface area contributed by atoms with E-state index in [0.29, 0.717) is 23.2 Å². The largest absolute Gasteiger partial charge is 0.496 e. The fourth-order valence-corrected chi connectivity index (χ4v) is 2.13. The molecular weight excluding hydrogens is 268 g/mol. The molecule has 0 aliphatic carbocycles. The van der Waals surface area contributed by atoms with Crippen LogP contribution in [0.2, 0.25) is 0 Å². The zero-order valence-electron chi connectivity index (χ0n) is 10.7. The van der Waals surface area contributed by atoms with Crippen LogP contribution in [0.1, 0.15) is 28.9 Å². The monoisotopic (exact) mass is 284 g/mol. The molecule has 1 aromatic carbocycles. The number of ether oxygens (including phenoxy) is 1. The Balaban J connectivity index is 2.84. The van der Waals surface area contributed by atoms with Crippen LogP contribution in [0.15, 0.2) is 18.2 Å². The van der Waals surface area contributed by atoms with E-state index in [4.69, 9.17) is 4.74 Å². The minimum atomic E-state index is -1.16. The number of rotatable bonds is 6. The molecule has 0 radical (unpaired) electrons. The predicted molar refractivity (Wildman–Crippen MR) is 72.5 cm³/mol. The Morgan fingerprint density at radius 1 is 1.47 bits per heavy atom. The lowest BCUT2D eigenvalue weighted by molar-refractivity contribution is -0.109. The average Bonchev–Trinajstić information content (AvgIpc) is 2.42. The van der Waals surface area contributed by atoms with Gasteiger partial charge in [-0.05, 0) is 17.7 Å². The standard InChI is InChI=1S/C13H16O5S/c1-8(15)19-7-11(16)13(17)9-3-4-12(18-2)10(5-9)6-14/h3-6,11,13,16-17H,7H2,1-2H3. The fourth-order valence-electron chi connectivity index (χ4n) is 1.54. The minimum Gasteiger partial charge on any atom is -0.496 e. The molecule has 0 fully saturated rings. The van der Waals surface area contributed by atoms with E-state index in [2.05, 4.69) is 0 Å². The Morgan fingerprint density at radius 3 is 2.68 bits per heavy atom. The number of aliphatic hydroxyl groups excluding tert-OH is 2. The Labute approximate surface area is 115 Å². The number of benzene rings is 1. The third-order valence-electron chi connectivity index (χ3n) is 2.54. The van der Waals surface area contributed by atoms with Crippen molar-refractivity contribution in [1.82, 2.24) is 0 Å². The van der Waals surface area contributed by atoms with Crippen LogP contribution in [0.5, 0.6) is 5.75 Å². The molecule has 0 heterocycles. The molecule has 5 nitrogen and oxygen atoms in total. The summed E-state index contributed by atoms with van der Waals surface area (Å²) in [6, 6.07) is 4.57. The van der Waals surface area contributed by atoms with Crippen LogP contribution in [0.3, 0.4) is 0 Å². The second-order valence-corrected chi connectivity index (χ2v) is 5.13. The van der Waals surface area contributed by atoms with E-state index in [1.54, 1.807) is 12.1 Å². The van der Waals surface area contributed by atoms with Crippen LogP contribution in [-0.2, 0) is 4.79 Å². The molecule has 0 bridgehead atoms. The van der Waals surface area contributed by atoms with E-state index in [-0.39, 0.29) is 10.9 Å². The number of hydrogen-bond acceptors (Lipinski definition) is 6. The van der Waals surface area contributed by atoms with Crippen molar-refractivity contribution >= 4 is 23.2 Å². The highest BCUT2D eigenvalue weighted by Crippen LogP contribution is 2.25. The number of thioether (sulfide) groups is 1. The maximum Gasteiger partial charge on any atom is 0.185 e. The van der Waals surface area contributed by atoms with Crippen LogP contribution < -0.4 is 4.74 Å². The van der Waals surface area contributed by atoms with E-state index in [9.17, 15) is 19.8 Å². The van der Waals surface area contributed by atoms with Crippen molar-refractivity contribution in [2.24, 2.45) is 0 Å². The van der Waals surface area contributed by atoms with Gasteiger partial charge in [0.15, 0.2) is 11.4 Å². The maximum atomic E-state index is 10.9. The lowest BCUT2D eigenvalue weighted by Crippen LogP contribution is -2.21. The second-order valence-electron chi connectivity index (χ2n) is 3.93. The highest BCUT2D eigenvalue weighted by atomic mass is 32.2. The molecule has 2 unspecified atom stereocenters. The first-order valence-corrected chi connectivity index (χ1v) is 6.60. The molecule has 0 amide bonds. The molecule has 104 valence electrons. The Morgan fingerprint density at radius 2 is 2.16 bits per heavy atom. The van der Waals surface area contributed by atoms with E-state index < -0.39 is 12.2 Å². The second kappa shape index (κ2) is 7.28. The summed E-state index contributed by atoms with van der Waals surface area (Å²) in [7, 11) is 1.44. The summed E-state index contributed by atoms with van der Waals surface area (Å²) in [5.74, 6) is 0.498. The van der Waals surface area contributed by atoms with Crippen molar-refractivity contribution in [3.05, 3.63) is 29.3 Å². The molecule has 0 saturated heterocycles. The van der Waals surface area contributed by atoms with Crippen molar-refractivity contribution < 1.29 is 24.5 Å². The topological polar surface area (TPSA) is 83.8 Å². The molecule has 0 spiro atoms. The molecule has 2 N–H and O–H groups in total. The van der Waals surface area contributed by atoms with Crippen LogP contribution in [-0.4, -0.2) is 40.6 Å². The zero-order chi connectivity index (χ0) is 14.4. The van der Waals surface area contributed by atoms with E-state index >= 15 is 0 Å². The molecule has 0 saturated carbocycles. The summed E-state index contributed by atoms with van der Waals surface area (Å²) in [6.07, 6.45) is -1.62. The SMILES string of the molecule is COc1ccc(C(O)C(O)CSC(C)=O)cc1C=O. The van der Waals surface area contributed by atoms with Gasteiger partial charge in [0.05, 0.1) is 18.8 Å². The van der Waals surface area contributed by atoms with Gasteiger partial charge >= 0.3 is 0 Å². The number of aldehydes is 1. The molecule has 0 aliphatic heterocycles. The van der Waals surface area contributed by atoms with Crippen molar-refractivity contribution in [2.45, 2.75) is 19.1 Å². The number of carbonyl (C=O) groups is 2. The van der Waals surface area contributed by atoms with Crippen molar-refractivity contribution in [3.8, 4) is 5.75 Å². The number of aliphatic hydroxyl groups is 2. The third-order valence-corrected chi connectivity index (χ3v) is 3.46. The first kappa shape index (κ1) is 15.7. The summed E-state index contributed by atoms with van der Waals surface area (Å²) in [5, 5.41) is 19.6. The Hall–Kier alpha value is -1.37. The highest BCUT2D eigenvalue weighted by Gasteiger charge is 2.20. The molecule has 6 heteroatoms. The molecule has 1 rings (SSSR count). The smallest absolute Gasteiger partial charge is 0.185 e. The Kier molecular flexibility index (Phi) is 6.01. The van der Waals surface area contributed by atoms with Gasteiger partial charge in [-0.15, -0.1) is 0 Å². The van der Waals surface area contributed by atoms with Crippen LogP contribution in [0.4, 0.5) is 0 Å². The maximum absolute atomic E-state index is 10.9. The van der Waals surface area contributed by atoms with E-state index in [0.717, 1.165) is 11.8 Å². The van der Waals surface area contributed by atoms with E-state index in [1.807, 2.05) is 0 Å². The molecule has 0 aliphatic rings. The normalized spacial score (nSPS) is 13.7. The predicted octanol–water partition coefficient (Wildman–Crippen LogP) is 1.18. The molecule has 19 heavy (non-hydrogen) atoms. The lowest BCUT2D eigenvalue weighted by atomic mass is 10.0. The van der Waals surface area contributed by atoms with Gasteiger partial charge in [0.1, 0.15) is 11.9 Å². The van der Waals surface area contributed by atoms with Gasteiger partial charge in [-0.2, -0.15) is 0 Å².